The number of pyridine rings is 2. The topological polar surface area (TPSA) is 102 Å². The van der Waals surface area contributed by atoms with Crippen LogP contribution in [-0.2, 0) is 11.4 Å². The van der Waals surface area contributed by atoms with Crippen molar-refractivity contribution in [1.29, 1.82) is 0 Å². The summed E-state index contributed by atoms with van der Waals surface area (Å²) in [6.07, 6.45) is 4.41. The van der Waals surface area contributed by atoms with E-state index in [9.17, 15) is 14.3 Å². The summed E-state index contributed by atoms with van der Waals surface area (Å²) in [5, 5.41) is 17.4. The lowest BCUT2D eigenvalue weighted by Gasteiger charge is -2.20. The predicted octanol–water partition coefficient (Wildman–Crippen LogP) is 4.05. The highest BCUT2D eigenvalue weighted by Crippen LogP contribution is 2.31. The molecular weight excluding hydrogens is 461 g/mol. The summed E-state index contributed by atoms with van der Waals surface area (Å²) >= 11 is 6.42. The first-order valence-electron chi connectivity index (χ1n) is 10.6. The van der Waals surface area contributed by atoms with Crippen molar-refractivity contribution < 1.29 is 19.0 Å². The van der Waals surface area contributed by atoms with Crippen LogP contribution in [0.3, 0.4) is 0 Å². The normalized spacial score (nSPS) is 13.0. The van der Waals surface area contributed by atoms with Gasteiger partial charge in [0.15, 0.2) is 5.82 Å². The molecule has 0 fully saturated rings. The highest BCUT2D eigenvalue weighted by molar-refractivity contribution is 6.31. The Morgan fingerprint density at radius 1 is 1.29 bits per heavy atom. The Bertz CT molecular complexity index is 1360. The summed E-state index contributed by atoms with van der Waals surface area (Å²) < 4.78 is 21.2. The van der Waals surface area contributed by atoms with Gasteiger partial charge in [-0.2, -0.15) is 5.10 Å². The van der Waals surface area contributed by atoms with E-state index >= 15 is 0 Å². The molecule has 4 aromatic rings. The van der Waals surface area contributed by atoms with E-state index in [0.29, 0.717) is 38.8 Å². The van der Waals surface area contributed by atoms with Gasteiger partial charge in [-0.3, -0.25) is 9.78 Å². The van der Waals surface area contributed by atoms with Crippen molar-refractivity contribution >= 4 is 28.4 Å². The average molecular weight is 484 g/mol. The standard InChI is InChI=1S/C24H23ClFN5O3/c1-13-7-21(31-11-16(26)8-28-31)17-5-4-6-22(23(17)29-13)34-12-19-18(9-27-10-20(19)25)14(2)30-24(33)15(3)32/h4-11,14-15,32H,12H2,1-3H3,(H,30,33)/t14?,15-/m0/s1. The fourth-order valence-corrected chi connectivity index (χ4v) is 3.85. The van der Waals surface area contributed by atoms with E-state index < -0.39 is 23.9 Å². The van der Waals surface area contributed by atoms with Crippen LogP contribution in [0.25, 0.3) is 16.6 Å². The Morgan fingerprint density at radius 2 is 2.09 bits per heavy atom. The van der Waals surface area contributed by atoms with E-state index in [1.165, 1.54) is 24.0 Å². The lowest BCUT2D eigenvalue weighted by Crippen LogP contribution is -2.34. The van der Waals surface area contributed by atoms with Gasteiger partial charge in [-0.15, -0.1) is 0 Å². The fraction of sp³-hybridized carbons (Fsp3) is 0.250. The number of para-hydroxylation sites is 1. The Balaban J connectivity index is 1.68. The Hall–Kier alpha value is -3.56. The van der Waals surface area contributed by atoms with Crippen molar-refractivity contribution in [2.75, 3.05) is 0 Å². The number of hydrogen-bond donors (Lipinski definition) is 2. The summed E-state index contributed by atoms with van der Waals surface area (Å²) in [6, 6.07) is 6.83. The van der Waals surface area contributed by atoms with Gasteiger partial charge in [0.05, 0.1) is 29.1 Å². The first-order chi connectivity index (χ1) is 16.2. The van der Waals surface area contributed by atoms with E-state index in [2.05, 4.69) is 20.4 Å². The molecule has 0 aliphatic rings. The quantitative estimate of drug-likeness (QED) is 0.411. The van der Waals surface area contributed by atoms with Crippen LogP contribution in [0, 0.1) is 12.7 Å². The number of carbonyl (C=O) groups is 1. The predicted molar refractivity (Wildman–Crippen MR) is 125 cm³/mol. The summed E-state index contributed by atoms with van der Waals surface area (Å²) in [4.78, 5) is 20.7. The molecule has 8 nitrogen and oxygen atoms in total. The third kappa shape index (κ3) is 4.85. The number of halogens is 2. The zero-order valence-electron chi connectivity index (χ0n) is 18.8. The monoisotopic (exact) mass is 483 g/mol. The molecule has 1 amide bonds. The lowest BCUT2D eigenvalue weighted by molar-refractivity contribution is -0.129. The van der Waals surface area contributed by atoms with Crippen LogP contribution in [0.2, 0.25) is 5.02 Å². The second kappa shape index (κ2) is 9.74. The minimum absolute atomic E-state index is 0.0893. The third-order valence-corrected chi connectivity index (χ3v) is 5.65. The molecule has 10 heteroatoms. The van der Waals surface area contributed by atoms with Gasteiger partial charge in [-0.25, -0.2) is 14.1 Å². The first kappa shape index (κ1) is 23.6. The molecule has 0 spiro atoms. The number of hydrogen-bond acceptors (Lipinski definition) is 6. The zero-order chi connectivity index (χ0) is 24.4. The van der Waals surface area contributed by atoms with Crippen molar-refractivity contribution in [1.82, 2.24) is 25.1 Å². The number of amides is 1. The maximum Gasteiger partial charge on any atom is 0.249 e. The number of benzene rings is 1. The number of aryl methyl sites for hydroxylation is 1. The van der Waals surface area contributed by atoms with E-state index in [4.69, 9.17) is 16.3 Å². The largest absolute Gasteiger partial charge is 0.487 e. The van der Waals surface area contributed by atoms with Crippen LogP contribution in [0.15, 0.2) is 49.1 Å². The van der Waals surface area contributed by atoms with E-state index in [1.54, 1.807) is 19.2 Å². The Kier molecular flexibility index (Phi) is 6.76. The first-order valence-corrected chi connectivity index (χ1v) is 11.0. The number of aromatic nitrogens is 4. The Labute approximate surface area is 200 Å². The summed E-state index contributed by atoms with van der Waals surface area (Å²) in [6.45, 7) is 5.09. The summed E-state index contributed by atoms with van der Waals surface area (Å²) in [5.74, 6) is -0.433. The molecule has 1 unspecified atom stereocenters. The lowest BCUT2D eigenvalue weighted by atomic mass is 10.0. The van der Waals surface area contributed by atoms with Gasteiger partial charge in [-0.1, -0.05) is 23.7 Å². The number of fused-ring (bicyclic) bond motifs is 1. The molecule has 0 aliphatic heterocycles. The molecule has 3 heterocycles. The molecule has 0 saturated heterocycles. The molecular formula is C24H23ClFN5O3. The van der Waals surface area contributed by atoms with Gasteiger partial charge in [-0.05, 0) is 32.9 Å². The number of ether oxygens (including phenoxy) is 1. The van der Waals surface area contributed by atoms with E-state index in [1.807, 2.05) is 25.1 Å². The second-order valence-corrected chi connectivity index (χ2v) is 8.33. The molecule has 0 radical (unpaired) electrons. The molecule has 2 atom stereocenters. The fourth-order valence-electron chi connectivity index (χ4n) is 3.63. The number of aliphatic hydroxyl groups excluding tert-OH is 1. The highest BCUT2D eigenvalue weighted by Gasteiger charge is 2.19. The molecule has 0 saturated carbocycles. The number of carbonyl (C=O) groups excluding carboxylic acids is 1. The number of aliphatic hydroxyl groups is 1. The molecule has 1 aromatic carbocycles. The van der Waals surface area contributed by atoms with Crippen molar-refractivity contribution in [3.63, 3.8) is 0 Å². The smallest absolute Gasteiger partial charge is 0.249 e. The molecule has 4 rings (SSSR count). The van der Waals surface area contributed by atoms with Crippen molar-refractivity contribution in [3.8, 4) is 11.4 Å². The zero-order valence-corrected chi connectivity index (χ0v) is 19.5. The van der Waals surface area contributed by atoms with Gasteiger partial charge < -0.3 is 15.2 Å². The van der Waals surface area contributed by atoms with Crippen molar-refractivity contribution in [3.05, 3.63) is 76.7 Å². The Morgan fingerprint density at radius 3 is 2.79 bits per heavy atom. The average Bonchev–Trinajstić information content (AvgIpc) is 3.23. The third-order valence-electron chi connectivity index (χ3n) is 5.32. The summed E-state index contributed by atoms with van der Waals surface area (Å²) in [7, 11) is 0. The van der Waals surface area contributed by atoms with Gasteiger partial charge in [0.2, 0.25) is 5.91 Å². The molecule has 0 aliphatic carbocycles. The number of rotatable bonds is 7. The number of nitrogens with one attached hydrogen (secondary N) is 1. The highest BCUT2D eigenvalue weighted by atomic mass is 35.5. The van der Waals surface area contributed by atoms with Gasteiger partial charge in [0, 0.05) is 34.6 Å². The van der Waals surface area contributed by atoms with Crippen LogP contribution in [-0.4, -0.2) is 36.9 Å². The maximum atomic E-state index is 13.6. The van der Waals surface area contributed by atoms with Crippen LogP contribution in [0.1, 0.15) is 36.7 Å². The molecule has 34 heavy (non-hydrogen) atoms. The molecule has 0 bridgehead atoms. The minimum atomic E-state index is -1.14. The molecule has 2 N–H and O–H groups in total. The van der Waals surface area contributed by atoms with Crippen molar-refractivity contribution in [2.45, 2.75) is 39.5 Å². The van der Waals surface area contributed by atoms with Gasteiger partial charge in [0.25, 0.3) is 0 Å². The van der Waals surface area contributed by atoms with Crippen LogP contribution >= 0.6 is 11.6 Å². The molecule has 176 valence electrons. The van der Waals surface area contributed by atoms with Crippen LogP contribution in [0.5, 0.6) is 5.75 Å². The molecule has 3 aromatic heterocycles. The van der Waals surface area contributed by atoms with Gasteiger partial charge >= 0.3 is 0 Å². The van der Waals surface area contributed by atoms with Crippen LogP contribution < -0.4 is 10.1 Å². The van der Waals surface area contributed by atoms with E-state index in [-0.39, 0.29) is 6.61 Å². The maximum absolute atomic E-state index is 13.6. The van der Waals surface area contributed by atoms with E-state index in [0.717, 1.165) is 11.6 Å². The van der Waals surface area contributed by atoms with Crippen LogP contribution in [0.4, 0.5) is 4.39 Å². The number of nitrogens with zero attached hydrogens (tertiary/aromatic N) is 4. The SMILES string of the molecule is Cc1cc(-n2cc(F)cn2)c2cccc(OCc3c(Cl)cncc3C(C)NC(=O)[C@H](C)O)c2n1. The van der Waals surface area contributed by atoms with Gasteiger partial charge in [0.1, 0.15) is 24.0 Å². The van der Waals surface area contributed by atoms with Crippen molar-refractivity contribution in [2.24, 2.45) is 0 Å². The minimum Gasteiger partial charge on any atom is -0.487 e. The summed E-state index contributed by atoms with van der Waals surface area (Å²) in [5.41, 5.74) is 3.30. The second-order valence-electron chi connectivity index (χ2n) is 7.92.